The topological polar surface area (TPSA) is 90.4 Å². The molecule has 50 heavy (non-hydrogen) atoms. The smallest absolute Gasteiger partial charge is 0.335 e. The van der Waals surface area contributed by atoms with Gasteiger partial charge in [-0.25, -0.2) is 9.18 Å². The average Bonchev–Trinajstić information content (AvgIpc) is 3.65. The van der Waals surface area contributed by atoms with E-state index in [4.69, 9.17) is 4.74 Å². The van der Waals surface area contributed by atoms with Crippen molar-refractivity contribution in [3.05, 3.63) is 131 Å². The van der Waals surface area contributed by atoms with Crippen molar-refractivity contribution in [3.63, 3.8) is 0 Å². The Morgan fingerprint density at radius 2 is 1.50 bits per heavy atom. The van der Waals surface area contributed by atoms with E-state index in [1.54, 1.807) is 34.1 Å². The Morgan fingerprint density at radius 3 is 2.24 bits per heavy atom. The predicted molar refractivity (Wildman–Crippen MR) is 193 cm³/mol. The summed E-state index contributed by atoms with van der Waals surface area (Å²) in [6.45, 7) is 6.49. The van der Waals surface area contributed by atoms with Gasteiger partial charge >= 0.3 is 5.97 Å². The number of likely N-dealkylation sites (tertiary alicyclic amines) is 1. The van der Waals surface area contributed by atoms with Gasteiger partial charge in [-0.2, -0.15) is 0 Å². The van der Waals surface area contributed by atoms with E-state index >= 15 is 0 Å². The van der Waals surface area contributed by atoms with E-state index in [0.29, 0.717) is 31.7 Å². The lowest BCUT2D eigenvalue weighted by molar-refractivity contribution is -0.132. The molecule has 2 amide bonds. The molecular formula is C41H46FN3O5. The lowest BCUT2D eigenvalue weighted by Gasteiger charge is -2.27. The van der Waals surface area contributed by atoms with Gasteiger partial charge in [0.05, 0.1) is 17.8 Å². The van der Waals surface area contributed by atoms with Crippen LogP contribution in [0.5, 0.6) is 5.75 Å². The lowest BCUT2D eigenvalue weighted by Crippen LogP contribution is -2.33. The highest BCUT2D eigenvalue weighted by Crippen LogP contribution is 2.31. The molecule has 1 aliphatic heterocycles. The number of aromatic carboxylic acids is 1. The first-order chi connectivity index (χ1) is 24.3. The Balaban J connectivity index is 1.27. The number of carboxylic acid groups (broad SMARTS) is 1. The van der Waals surface area contributed by atoms with Gasteiger partial charge in [0.1, 0.15) is 18.2 Å². The summed E-state index contributed by atoms with van der Waals surface area (Å²) in [5.74, 6) is -0.906. The van der Waals surface area contributed by atoms with Crippen LogP contribution in [0.25, 0.3) is 0 Å². The van der Waals surface area contributed by atoms with Crippen LogP contribution in [0.1, 0.15) is 64.7 Å². The molecule has 1 saturated heterocycles. The first-order valence-electron chi connectivity index (χ1n) is 17.4. The number of carboxylic acids is 1. The zero-order chi connectivity index (χ0) is 35.3. The summed E-state index contributed by atoms with van der Waals surface area (Å²) in [6, 6.07) is 28.3. The molecule has 0 aliphatic carbocycles. The largest absolute Gasteiger partial charge is 0.492 e. The number of hydrogen-bond acceptors (Lipinski definition) is 5. The SMILES string of the molecule is Cc1c(OCCN2CCCC2)cccc1N(Cc1ccc(F)cc1)C(=O)CCCC(=O)N(CCc1ccccc1)Cc1cccc(C(=O)O)c1. The van der Waals surface area contributed by atoms with E-state index in [2.05, 4.69) is 4.90 Å². The van der Waals surface area contributed by atoms with Crippen LogP contribution in [0.3, 0.4) is 0 Å². The monoisotopic (exact) mass is 679 g/mol. The Labute approximate surface area is 294 Å². The molecule has 262 valence electrons. The summed E-state index contributed by atoms with van der Waals surface area (Å²) in [5, 5.41) is 9.47. The van der Waals surface area contributed by atoms with Gasteiger partial charge in [-0.1, -0.05) is 60.7 Å². The van der Waals surface area contributed by atoms with Crippen LogP contribution in [-0.4, -0.2) is 65.5 Å². The quantitative estimate of drug-likeness (QED) is 0.126. The van der Waals surface area contributed by atoms with E-state index in [1.807, 2.05) is 61.5 Å². The summed E-state index contributed by atoms with van der Waals surface area (Å²) < 4.78 is 19.9. The second-order valence-electron chi connectivity index (χ2n) is 12.8. The molecule has 8 nitrogen and oxygen atoms in total. The number of hydrogen-bond donors (Lipinski definition) is 1. The number of carbonyl (C=O) groups is 3. The van der Waals surface area contributed by atoms with Crippen molar-refractivity contribution in [1.29, 1.82) is 0 Å². The molecule has 1 aliphatic rings. The molecule has 1 heterocycles. The van der Waals surface area contributed by atoms with Crippen molar-refractivity contribution in [1.82, 2.24) is 9.80 Å². The van der Waals surface area contributed by atoms with Crippen molar-refractivity contribution in [2.24, 2.45) is 0 Å². The fourth-order valence-corrected chi connectivity index (χ4v) is 6.33. The van der Waals surface area contributed by atoms with E-state index < -0.39 is 5.97 Å². The minimum absolute atomic E-state index is 0.107. The van der Waals surface area contributed by atoms with Crippen molar-refractivity contribution >= 4 is 23.5 Å². The average molecular weight is 680 g/mol. The molecule has 4 aromatic carbocycles. The second-order valence-corrected chi connectivity index (χ2v) is 12.8. The molecule has 0 spiro atoms. The van der Waals surface area contributed by atoms with E-state index in [9.17, 15) is 23.9 Å². The highest BCUT2D eigenvalue weighted by atomic mass is 19.1. The Bertz CT molecular complexity index is 1720. The lowest BCUT2D eigenvalue weighted by atomic mass is 10.1. The fourth-order valence-electron chi connectivity index (χ4n) is 6.33. The standard InChI is InChI=1S/C41H46FN3O5/c1-31-37(14-8-15-38(31)50-27-26-43-23-5-6-24-43)45(30-33-18-20-36(42)21-19-33)40(47)17-9-16-39(46)44(25-22-32-10-3-2-4-11-32)29-34-12-7-13-35(28-34)41(48)49/h2-4,7-8,10-15,18-21,28H,5-6,9,16-17,22-27,29-30H2,1H3,(H,48,49). The van der Waals surface area contributed by atoms with Crippen LogP contribution in [0, 0.1) is 12.7 Å². The van der Waals surface area contributed by atoms with Crippen molar-refractivity contribution in [3.8, 4) is 5.75 Å². The number of carbonyl (C=O) groups excluding carboxylic acids is 2. The molecule has 1 N–H and O–H groups in total. The van der Waals surface area contributed by atoms with Crippen LogP contribution in [0.4, 0.5) is 10.1 Å². The van der Waals surface area contributed by atoms with Gasteiger partial charge in [0.25, 0.3) is 0 Å². The summed E-state index contributed by atoms with van der Waals surface area (Å²) >= 11 is 0. The third kappa shape index (κ3) is 10.5. The van der Waals surface area contributed by atoms with Crippen LogP contribution in [0.15, 0.2) is 97.1 Å². The van der Waals surface area contributed by atoms with Crippen LogP contribution >= 0.6 is 0 Å². The van der Waals surface area contributed by atoms with E-state index in [1.165, 1.54) is 31.0 Å². The van der Waals surface area contributed by atoms with Gasteiger partial charge in [-0.3, -0.25) is 14.5 Å². The van der Waals surface area contributed by atoms with Gasteiger partial charge in [0, 0.05) is 38.0 Å². The maximum Gasteiger partial charge on any atom is 0.335 e. The molecule has 5 rings (SSSR count). The number of halogens is 1. The Morgan fingerprint density at radius 1 is 0.800 bits per heavy atom. The molecule has 1 fully saturated rings. The predicted octanol–water partition coefficient (Wildman–Crippen LogP) is 7.28. The second kappa shape index (κ2) is 18.1. The molecule has 0 aromatic heterocycles. The van der Waals surface area contributed by atoms with E-state index in [-0.39, 0.29) is 49.1 Å². The molecule has 0 radical (unpaired) electrons. The molecular weight excluding hydrogens is 633 g/mol. The highest BCUT2D eigenvalue weighted by molar-refractivity contribution is 5.94. The van der Waals surface area contributed by atoms with Gasteiger partial charge < -0.3 is 19.6 Å². The number of amides is 2. The van der Waals surface area contributed by atoms with Crippen molar-refractivity contribution < 1.29 is 28.6 Å². The van der Waals surface area contributed by atoms with Crippen LogP contribution in [0.2, 0.25) is 0 Å². The van der Waals surface area contributed by atoms with Crippen LogP contribution < -0.4 is 9.64 Å². The fraction of sp³-hybridized carbons (Fsp3) is 0.341. The van der Waals surface area contributed by atoms with E-state index in [0.717, 1.165) is 47.6 Å². The molecule has 0 saturated carbocycles. The molecule has 0 bridgehead atoms. The minimum Gasteiger partial charge on any atom is -0.492 e. The normalized spacial score (nSPS) is 12.8. The number of nitrogens with zero attached hydrogens (tertiary/aromatic N) is 3. The van der Waals surface area contributed by atoms with Crippen molar-refractivity contribution in [2.75, 3.05) is 37.7 Å². The number of rotatable bonds is 17. The molecule has 0 unspecified atom stereocenters. The van der Waals surface area contributed by atoms with Crippen LogP contribution in [-0.2, 0) is 29.1 Å². The molecule has 4 aromatic rings. The summed E-state index contributed by atoms with van der Waals surface area (Å²) in [5.41, 5.74) is 4.33. The van der Waals surface area contributed by atoms with Gasteiger partial charge in [-0.15, -0.1) is 0 Å². The first kappa shape index (κ1) is 36.3. The van der Waals surface area contributed by atoms with Gasteiger partial charge in [0.15, 0.2) is 0 Å². The van der Waals surface area contributed by atoms with Crippen molar-refractivity contribution in [2.45, 2.75) is 58.5 Å². The van der Waals surface area contributed by atoms with Gasteiger partial charge in [0.2, 0.25) is 11.8 Å². The Hall–Kier alpha value is -5.02. The number of benzene rings is 4. The van der Waals surface area contributed by atoms with Gasteiger partial charge in [-0.05, 0) is 98.8 Å². The summed E-state index contributed by atoms with van der Waals surface area (Å²) in [6.07, 6.45) is 3.69. The molecule has 0 atom stereocenters. The summed E-state index contributed by atoms with van der Waals surface area (Å²) in [7, 11) is 0. The maximum absolute atomic E-state index is 13.9. The number of anilines is 1. The molecule has 9 heteroatoms. The maximum atomic E-state index is 13.9. The minimum atomic E-state index is -1.02. The third-order valence-corrected chi connectivity index (χ3v) is 9.16. The first-order valence-corrected chi connectivity index (χ1v) is 17.4. The summed E-state index contributed by atoms with van der Waals surface area (Å²) in [4.78, 5) is 45.0. The zero-order valence-electron chi connectivity index (χ0n) is 28.7. The zero-order valence-corrected chi connectivity index (χ0v) is 28.7. The Kier molecular flexibility index (Phi) is 13.1. The highest BCUT2D eigenvalue weighted by Gasteiger charge is 2.22. The third-order valence-electron chi connectivity index (χ3n) is 9.16. The number of ether oxygens (including phenoxy) is 1.